The van der Waals surface area contributed by atoms with Crippen LogP contribution in [0.15, 0.2) is 24.3 Å². The molecule has 1 aromatic carbocycles. The van der Waals surface area contributed by atoms with E-state index in [0.717, 1.165) is 25.0 Å². The second-order valence-electron chi connectivity index (χ2n) is 5.76. The fraction of sp³-hybridized carbons (Fsp3) is 0.647. The van der Waals surface area contributed by atoms with Crippen molar-refractivity contribution < 1.29 is 4.74 Å². The number of hydrogen-bond acceptors (Lipinski definition) is 3. The molecule has 0 bridgehead atoms. The van der Waals surface area contributed by atoms with Crippen molar-refractivity contribution in [1.82, 2.24) is 4.90 Å². The number of ether oxygens (including phenoxy) is 1. The standard InChI is InChI=1S/C17H30N2O/c1-6-8-13-17(18,16(7-2)19(3)4)14-9-11-15(20-5)12-10-14/h9-12,16H,6-8,13,18H2,1-5H3. The summed E-state index contributed by atoms with van der Waals surface area (Å²) in [6.45, 7) is 4.42. The van der Waals surface area contributed by atoms with Crippen molar-refractivity contribution in [1.29, 1.82) is 0 Å². The van der Waals surface area contributed by atoms with Gasteiger partial charge in [0.2, 0.25) is 0 Å². The molecule has 0 aromatic heterocycles. The highest BCUT2D eigenvalue weighted by Crippen LogP contribution is 2.33. The Hall–Kier alpha value is -1.06. The van der Waals surface area contributed by atoms with Crippen LogP contribution in [0.25, 0.3) is 0 Å². The van der Waals surface area contributed by atoms with E-state index in [-0.39, 0.29) is 5.54 Å². The van der Waals surface area contributed by atoms with Crippen molar-refractivity contribution >= 4 is 0 Å². The number of benzene rings is 1. The maximum absolute atomic E-state index is 6.87. The van der Waals surface area contributed by atoms with Gasteiger partial charge in [-0.1, -0.05) is 38.8 Å². The van der Waals surface area contributed by atoms with Crippen molar-refractivity contribution in [2.45, 2.75) is 51.1 Å². The SMILES string of the molecule is CCCCC(N)(c1ccc(OC)cc1)C(CC)N(C)C. The molecule has 0 saturated heterocycles. The van der Waals surface area contributed by atoms with Crippen LogP contribution in [0.1, 0.15) is 45.1 Å². The first-order valence-corrected chi connectivity index (χ1v) is 7.59. The van der Waals surface area contributed by atoms with Crippen LogP contribution in [-0.4, -0.2) is 32.1 Å². The van der Waals surface area contributed by atoms with Gasteiger partial charge in [-0.25, -0.2) is 0 Å². The summed E-state index contributed by atoms with van der Waals surface area (Å²) in [4.78, 5) is 2.25. The van der Waals surface area contributed by atoms with Crippen LogP contribution in [0.2, 0.25) is 0 Å². The Morgan fingerprint density at radius 1 is 1.20 bits per heavy atom. The highest BCUT2D eigenvalue weighted by molar-refractivity contribution is 5.33. The van der Waals surface area contributed by atoms with Gasteiger partial charge in [0.1, 0.15) is 5.75 Å². The first-order chi connectivity index (χ1) is 9.49. The number of methoxy groups -OCH3 is 1. The van der Waals surface area contributed by atoms with E-state index < -0.39 is 0 Å². The predicted octanol–water partition coefficient (Wildman–Crippen LogP) is 3.38. The van der Waals surface area contributed by atoms with Gasteiger partial charge in [0.05, 0.1) is 12.6 Å². The van der Waals surface area contributed by atoms with Crippen molar-refractivity contribution in [3.63, 3.8) is 0 Å². The van der Waals surface area contributed by atoms with E-state index in [1.54, 1.807) is 7.11 Å². The molecule has 1 aromatic rings. The molecule has 0 aliphatic rings. The summed E-state index contributed by atoms with van der Waals surface area (Å²) < 4.78 is 5.25. The van der Waals surface area contributed by atoms with E-state index in [9.17, 15) is 0 Å². The lowest BCUT2D eigenvalue weighted by molar-refractivity contribution is 0.158. The minimum absolute atomic E-state index is 0.305. The largest absolute Gasteiger partial charge is 0.497 e. The molecule has 0 radical (unpaired) electrons. The maximum Gasteiger partial charge on any atom is 0.118 e. The Labute approximate surface area is 124 Å². The molecule has 0 spiro atoms. The average molecular weight is 278 g/mol. The Kier molecular flexibility index (Phi) is 6.50. The Bertz CT molecular complexity index is 388. The molecular weight excluding hydrogens is 248 g/mol. The lowest BCUT2D eigenvalue weighted by Crippen LogP contribution is -2.53. The number of rotatable bonds is 8. The molecular formula is C17H30N2O. The topological polar surface area (TPSA) is 38.5 Å². The van der Waals surface area contributed by atoms with E-state index in [1.165, 1.54) is 12.0 Å². The molecule has 1 rings (SSSR count). The molecule has 114 valence electrons. The minimum atomic E-state index is -0.305. The molecule has 2 unspecified atom stereocenters. The number of unbranched alkanes of at least 4 members (excludes halogenated alkanes) is 1. The van der Waals surface area contributed by atoms with E-state index in [0.29, 0.717) is 6.04 Å². The predicted molar refractivity (Wildman–Crippen MR) is 86.2 cm³/mol. The van der Waals surface area contributed by atoms with Gasteiger partial charge in [0.15, 0.2) is 0 Å². The zero-order chi connectivity index (χ0) is 15.2. The van der Waals surface area contributed by atoms with E-state index in [2.05, 4.69) is 45.0 Å². The van der Waals surface area contributed by atoms with Crippen LogP contribution in [0, 0.1) is 0 Å². The van der Waals surface area contributed by atoms with Gasteiger partial charge in [-0.2, -0.15) is 0 Å². The third kappa shape index (κ3) is 3.74. The first-order valence-electron chi connectivity index (χ1n) is 7.59. The van der Waals surface area contributed by atoms with Crippen LogP contribution < -0.4 is 10.5 Å². The number of likely N-dealkylation sites (N-methyl/N-ethyl adjacent to an activating group) is 1. The van der Waals surface area contributed by atoms with Crippen molar-refractivity contribution in [2.24, 2.45) is 5.73 Å². The van der Waals surface area contributed by atoms with Gasteiger partial charge in [-0.3, -0.25) is 0 Å². The monoisotopic (exact) mass is 278 g/mol. The smallest absolute Gasteiger partial charge is 0.118 e. The fourth-order valence-corrected chi connectivity index (χ4v) is 3.06. The number of nitrogens with zero attached hydrogens (tertiary/aromatic N) is 1. The third-order valence-corrected chi connectivity index (χ3v) is 4.18. The van der Waals surface area contributed by atoms with Crippen LogP contribution in [0.3, 0.4) is 0 Å². The first kappa shape index (κ1) is 17.0. The Balaban J connectivity index is 3.13. The molecule has 20 heavy (non-hydrogen) atoms. The van der Waals surface area contributed by atoms with Crippen molar-refractivity contribution in [3.05, 3.63) is 29.8 Å². The molecule has 0 saturated carbocycles. The number of hydrogen-bond donors (Lipinski definition) is 1. The van der Waals surface area contributed by atoms with Crippen LogP contribution in [-0.2, 0) is 5.54 Å². The molecule has 2 atom stereocenters. The molecule has 2 N–H and O–H groups in total. The second-order valence-corrected chi connectivity index (χ2v) is 5.76. The number of nitrogens with two attached hydrogens (primary N) is 1. The van der Waals surface area contributed by atoms with Gasteiger partial charge in [0.25, 0.3) is 0 Å². The fourth-order valence-electron chi connectivity index (χ4n) is 3.06. The third-order valence-electron chi connectivity index (χ3n) is 4.18. The summed E-state index contributed by atoms with van der Waals surface area (Å²) in [6.07, 6.45) is 4.36. The highest BCUT2D eigenvalue weighted by atomic mass is 16.5. The normalized spacial score (nSPS) is 15.9. The molecule has 0 fully saturated rings. The van der Waals surface area contributed by atoms with Crippen LogP contribution >= 0.6 is 0 Å². The second kappa shape index (κ2) is 7.65. The Morgan fingerprint density at radius 2 is 1.80 bits per heavy atom. The summed E-state index contributed by atoms with van der Waals surface area (Å²) >= 11 is 0. The van der Waals surface area contributed by atoms with Crippen LogP contribution in [0.4, 0.5) is 0 Å². The molecule has 0 heterocycles. The summed E-state index contributed by atoms with van der Waals surface area (Å²) in [5.41, 5.74) is 7.77. The molecule has 0 aliphatic heterocycles. The van der Waals surface area contributed by atoms with Gasteiger partial charge < -0.3 is 15.4 Å². The molecule has 0 amide bonds. The lowest BCUT2D eigenvalue weighted by Gasteiger charge is -2.41. The van der Waals surface area contributed by atoms with Crippen molar-refractivity contribution in [2.75, 3.05) is 21.2 Å². The van der Waals surface area contributed by atoms with Gasteiger partial charge >= 0.3 is 0 Å². The van der Waals surface area contributed by atoms with Gasteiger partial charge in [-0.05, 0) is 44.6 Å². The van der Waals surface area contributed by atoms with Crippen molar-refractivity contribution in [3.8, 4) is 5.75 Å². The van der Waals surface area contributed by atoms with Crippen LogP contribution in [0.5, 0.6) is 5.75 Å². The van der Waals surface area contributed by atoms with E-state index in [1.807, 2.05) is 12.1 Å². The van der Waals surface area contributed by atoms with E-state index >= 15 is 0 Å². The Morgan fingerprint density at radius 3 is 2.20 bits per heavy atom. The molecule has 3 heteroatoms. The maximum atomic E-state index is 6.87. The highest BCUT2D eigenvalue weighted by Gasteiger charge is 2.36. The van der Waals surface area contributed by atoms with E-state index in [4.69, 9.17) is 10.5 Å². The zero-order valence-corrected chi connectivity index (χ0v) is 13.6. The summed E-state index contributed by atoms with van der Waals surface area (Å²) in [5.74, 6) is 0.879. The quantitative estimate of drug-likeness (QED) is 0.792. The minimum Gasteiger partial charge on any atom is -0.497 e. The zero-order valence-electron chi connectivity index (χ0n) is 13.6. The summed E-state index contributed by atoms with van der Waals surface area (Å²) in [6, 6.07) is 8.57. The van der Waals surface area contributed by atoms with Gasteiger partial charge in [-0.15, -0.1) is 0 Å². The molecule has 3 nitrogen and oxygen atoms in total. The summed E-state index contributed by atoms with van der Waals surface area (Å²) in [7, 11) is 5.92. The average Bonchev–Trinajstić information content (AvgIpc) is 2.45. The summed E-state index contributed by atoms with van der Waals surface area (Å²) in [5, 5.41) is 0. The molecule has 0 aliphatic carbocycles. The lowest BCUT2D eigenvalue weighted by atomic mass is 9.78. The van der Waals surface area contributed by atoms with Gasteiger partial charge in [0, 0.05) is 6.04 Å².